The van der Waals surface area contributed by atoms with E-state index in [0.29, 0.717) is 23.6 Å². The highest BCUT2D eigenvalue weighted by Gasteiger charge is 2.25. The molecule has 0 unspecified atom stereocenters. The van der Waals surface area contributed by atoms with E-state index in [1.54, 1.807) is 7.11 Å². The van der Waals surface area contributed by atoms with Crippen molar-refractivity contribution in [3.8, 4) is 28.4 Å². The number of rotatable bonds is 5. The number of ether oxygens (including phenoxy) is 3. The lowest BCUT2D eigenvalue weighted by Crippen LogP contribution is -2.10. The second-order valence-corrected chi connectivity index (χ2v) is 7.05. The van der Waals surface area contributed by atoms with Gasteiger partial charge in [-0.2, -0.15) is 0 Å². The first-order valence-electron chi connectivity index (χ1n) is 9.53. The highest BCUT2D eigenvalue weighted by Crippen LogP contribution is 2.41. The van der Waals surface area contributed by atoms with E-state index in [1.807, 2.05) is 71.3 Å². The third kappa shape index (κ3) is 2.93. The Morgan fingerprint density at radius 2 is 1.80 bits per heavy atom. The van der Waals surface area contributed by atoms with Gasteiger partial charge in [-0.25, -0.2) is 4.79 Å². The fraction of sp³-hybridized carbons (Fsp3) is 0.125. The maximum atomic E-state index is 12.4. The van der Waals surface area contributed by atoms with Crippen LogP contribution in [-0.2, 0) is 6.54 Å². The van der Waals surface area contributed by atoms with Crippen molar-refractivity contribution < 1.29 is 24.1 Å². The summed E-state index contributed by atoms with van der Waals surface area (Å²) in [7, 11) is 1.62. The molecule has 1 aliphatic rings. The Hall–Kier alpha value is -3.93. The van der Waals surface area contributed by atoms with Crippen LogP contribution in [0.2, 0.25) is 0 Å². The molecule has 6 nitrogen and oxygen atoms in total. The molecule has 30 heavy (non-hydrogen) atoms. The molecule has 6 heteroatoms. The van der Waals surface area contributed by atoms with E-state index < -0.39 is 5.97 Å². The van der Waals surface area contributed by atoms with Gasteiger partial charge in [0.25, 0.3) is 0 Å². The van der Waals surface area contributed by atoms with Crippen LogP contribution in [-0.4, -0.2) is 29.5 Å². The molecule has 5 rings (SSSR count). The minimum atomic E-state index is -0.979. The Labute approximate surface area is 172 Å². The number of carbonyl (C=O) groups is 1. The van der Waals surface area contributed by atoms with E-state index >= 15 is 0 Å². The van der Waals surface area contributed by atoms with Crippen LogP contribution in [0.15, 0.2) is 66.7 Å². The zero-order chi connectivity index (χ0) is 20.7. The molecule has 0 spiro atoms. The molecule has 1 aromatic heterocycles. The number of benzene rings is 3. The molecule has 0 fully saturated rings. The number of hydrogen-bond acceptors (Lipinski definition) is 4. The Bertz CT molecular complexity index is 1260. The summed E-state index contributed by atoms with van der Waals surface area (Å²) in [4.78, 5) is 12.4. The quantitative estimate of drug-likeness (QED) is 0.521. The molecule has 150 valence electrons. The van der Waals surface area contributed by atoms with Crippen molar-refractivity contribution in [3.63, 3.8) is 0 Å². The standard InChI is InChI=1S/C24H19NO5/c1-28-17-9-6-15(7-10-17)13-25-19-5-3-2-4-18(19)22(23(25)24(26)27)16-8-11-20-21(12-16)30-14-29-20/h2-12H,13-14H2,1H3,(H,26,27). The lowest BCUT2D eigenvalue weighted by molar-refractivity contribution is 0.0687. The van der Waals surface area contributed by atoms with Gasteiger partial charge >= 0.3 is 5.97 Å². The number of fused-ring (bicyclic) bond motifs is 2. The molecule has 0 amide bonds. The Balaban J connectivity index is 1.71. The summed E-state index contributed by atoms with van der Waals surface area (Å²) in [6, 6.07) is 20.9. The third-order valence-electron chi connectivity index (χ3n) is 5.33. The molecular formula is C24H19NO5. The number of methoxy groups -OCH3 is 1. The number of carboxylic acid groups (broad SMARTS) is 1. The van der Waals surface area contributed by atoms with Crippen LogP contribution in [0.3, 0.4) is 0 Å². The van der Waals surface area contributed by atoms with Crippen molar-refractivity contribution in [2.45, 2.75) is 6.54 Å². The second-order valence-electron chi connectivity index (χ2n) is 7.05. The first-order valence-corrected chi connectivity index (χ1v) is 9.53. The van der Waals surface area contributed by atoms with E-state index in [-0.39, 0.29) is 12.5 Å². The topological polar surface area (TPSA) is 69.9 Å². The van der Waals surface area contributed by atoms with Crippen molar-refractivity contribution in [2.24, 2.45) is 0 Å². The van der Waals surface area contributed by atoms with Gasteiger partial charge in [0.15, 0.2) is 11.5 Å². The maximum Gasteiger partial charge on any atom is 0.353 e. The van der Waals surface area contributed by atoms with E-state index in [9.17, 15) is 9.90 Å². The first-order chi connectivity index (χ1) is 14.7. The predicted octanol–water partition coefficient (Wildman–Crippen LogP) is 4.79. The van der Waals surface area contributed by atoms with E-state index in [1.165, 1.54) is 0 Å². The van der Waals surface area contributed by atoms with Gasteiger partial charge in [-0.3, -0.25) is 0 Å². The van der Waals surface area contributed by atoms with Gasteiger partial charge in [0.2, 0.25) is 6.79 Å². The monoisotopic (exact) mass is 401 g/mol. The van der Waals surface area contributed by atoms with Crippen LogP contribution in [0.25, 0.3) is 22.0 Å². The minimum absolute atomic E-state index is 0.170. The zero-order valence-electron chi connectivity index (χ0n) is 16.3. The summed E-state index contributed by atoms with van der Waals surface area (Å²) in [6.45, 7) is 0.598. The van der Waals surface area contributed by atoms with E-state index in [0.717, 1.165) is 27.8 Å². The smallest absolute Gasteiger partial charge is 0.353 e. The molecule has 0 bridgehead atoms. The summed E-state index contributed by atoms with van der Waals surface area (Å²) < 4.78 is 18.0. The second kappa shape index (κ2) is 7.15. The maximum absolute atomic E-state index is 12.4. The molecule has 0 saturated heterocycles. The summed E-state index contributed by atoms with van der Waals surface area (Å²) in [5.41, 5.74) is 3.53. The van der Waals surface area contributed by atoms with Gasteiger partial charge in [-0.05, 0) is 41.5 Å². The fourth-order valence-electron chi connectivity index (χ4n) is 3.95. The number of hydrogen-bond donors (Lipinski definition) is 1. The van der Waals surface area contributed by atoms with Gasteiger partial charge in [0.1, 0.15) is 11.4 Å². The average Bonchev–Trinajstić information content (AvgIpc) is 3.36. The van der Waals surface area contributed by atoms with Gasteiger partial charge in [-0.15, -0.1) is 0 Å². The van der Waals surface area contributed by atoms with Crippen LogP contribution in [0.4, 0.5) is 0 Å². The predicted molar refractivity (Wildman–Crippen MR) is 113 cm³/mol. The highest BCUT2D eigenvalue weighted by atomic mass is 16.7. The van der Waals surface area contributed by atoms with Crippen molar-refractivity contribution in [1.82, 2.24) is 4.57 Å². The van der Waals surface area contributed by atoms with Gasteiger partial charge in [-0.1, -0.05) is 36.4 Å². The highest BCUT2D eigenvalue weighted by molar-refractivity contribution is 6.08. The van der Waals surface area contributed by atoms with Gasteiger partial charge in [0.05, 0.1) is 7.11 Å². The number of carboxylic acids is 1. The molecule has 0 atom stereocenters. The molecule has 0 radical (unpaired) electrons. The van der Waals surface area contributed by atoms with E-state index in [4.69, 9.17) is 14.2 Å². The lowest BCUT2D eigenvalue weighted by atomic mass is 10.0. The number of aromatic carboxylic acids is 1. The summed E-state index contributed by atoms with van der Waals surface area (Å²) in [5, 5.41) is 11.0. The fourth-order valence-corrected chi connectivity index (χ4v) is 3.95. The average molecular weight is 401 g/mol. The van der Waals surface area contributed by atoms with Crippen LogP contribution >= 0.6 is 0 Å². The van der Waals surface area contributed by atoms with Crippen molar-refractivity contribution in [3.05, 3.63) is 78.0 Å². The summed E-state index contributed by atoms with van der Waals surface area (Å²) in [6.07, 6.45) is 0. The van der Waals surface area contributed by atoms with Crippen LogP contribution in [0.1, 0.15) is 16.1 Å². The van der Waals surface area contributed by atoms with Crippen LogP contribution in [0, 0.1) is 0 Å². The Kier molecular flexibility index (Phi) is 4.32. The zero-order valence-corrected chi connectivity index (χ0v) is 16.3. The molecule has 1 aliphatic heterocycles. The third-order valence-corrected chi connectivity index (χ3v) is 5.33. The van der Waals surface area contributed by atoms with Crippen molar-refractivity contribution in [2.75, 3.05) is 13.9 Å². The molecule has 3 aromatic carbocycles. The number of para-hydroxylation sites is 1. The lowest BCUT2D eigenvalue weighted by Gasteiger charge is -2.10. The molecule has 1 N–H and O–H groups in total. The van der Waals surface area contributed by atoms with Gasteiger partial charge in [0, 0.05) is 23.0 Å². The molecule has 4 aromatic rings. The molecular weight excluding hydrogens is 382 g/mol. The largest absolute Gasteiger partial charge is 0.497 e. The molecule has 0 aliphatic carbocycles. The normalized spacial score (nSPS) is 12.3. The van der Waals surface area contributed by atoms with Crippen LogP contribution < -0.4 is 14.2 Å². The number of aromatic nitrogens is 1. The molecule has 0 saturated carbocycles. The van der Waals surface area contributed by atoms with Gasteiger partial charge < -0.3 is 23.9 Å². The summed E-state index contributed by atoms with van der Waals surface area (Å²) >= 11 is 0. The van der Waals surface area contributed by atoms with Crippen molar-refractivity contribution in [1.29, 1.82) is 0 Å². The van der Waals surface area contributed by atoms with E-state index in [2.05, 4.69) is 0 Å². The summed E-state index contributed by atoms with van der Waals surface area (Å²) in [5.74, 6) is 1.07. The Morgan fingerprint density at radius 3 is 2.57 bits per heavy atom. The molecule has 2 heterocycles. The van der Waals surface area contributed by atoms with Crippen LogP contribution in [0.5, 0.6) is 17.2 Å². The number of nitrogens with zero attached hydrogens (tertiary/aromatic N) is 1. The Morgan fingerprint density at radius 1 is 1.03 bits per heavy atom. The first kappa shape index (κ1) is 18.1. The van der Waals surface area contributed by atoms with Crippen molar-refractivity contribution >= 4 is 16.9 Å². The SMILES string of the molecule is COc1ccc(Cn2c(C(=O)O)c(-c3ccc4c(c3)OCO4)c3ccccc32)cc1. The minimum Gasteiger partial charge on any atom is -0.497 e.